The van der Waals surface area contributed by atoms with Gasteiger partial charge in [0, 0.05) is 44.1 Å². The molecule has 0 radical (unpaired) electrons. The summed E-state index contributed by atoms with van der Waals surface area (Å²) in [6, 6.07) is 3.43. The van der Waals surface area contributed by atoms with Crippen LogP contribution in [-0.4, -0.2) is 54.0 Å². The lowest BCUT2D eigenvalue weighted by molar-refractivity contribution is 0.0662. The highest BCUT2D eigenvalue weighted by atomic mass is 16.2. The summed E-state index contributed by atoms with van der Waals surface area (Å²) in [7, 11) is 2.09. The van der Waals surface area contributed by atoms with E-state index in [0.29, 0.717) is 5.56 Å². The molecule has 1 saturated heterocycles. The molecule has 0 saturated carbocycles. The van der Waals surface area contributed by atoms with Crippen molar-refractivity contribution < 1.29 is 4.79 Å². The number of hydrazine groups is 1. The van der Waals surface area contributed by atoms with Gasteiger partial charge in [-0.1, -0.05) is 0 Å². The van der Waals surface area contributed by atoms with Gasteiger partial charge in [0.2, 0.25) is 0 Å². The van der Waals surface area contributed by atoms with Crippen molar-refractivity contribution in [1.82, 2.24) is 20.3 Å². The summed E-state index contributed by atoms with van der Waals surface area (Å²) in [4.78, 5) is 17.9. The second kappa shape index (κ2) is 5.05. The van der Waals surface area contributed by atoms with Gasteiger partial charge in [-0.05, 0) is 19.2 Å². The van der Waals surface area contributed by atoms with E-state index in [1.807, 2.05) is 5.01 Å². The highest BCUT2D eigenvalue weighted by molar-refractivity contribution is 5.93. The standard InChI is InChI=1S/C11H16N4O/c1-14-6-8-15(9-7-14)13-11(16)10-2-4-12-5-3-10/h2-5H,6-9H2,1H3,(H,13,16). The molecule has 5 heteroatoms. The fourth-order valence-electron chi connectivity index (χ4n) is 1.63. The Bertz CT molecular complexity index is 346. The lowest BCUT2D eigenvalue weighted by atomic mass is 10.2. The number of piperazine rings is 1. The Labute approximate surface area is 95.0 Å². The van der Waals surface area contributed by atoms with E-state index in [0.717, 1.165) is 26.2 Å². The second-order valence-electron chi connectivity index (χ2n) is 3.97. The summed E-state index contributed by atoms with van der Waals surface area (Å²) >= 11 is 0. The summed E-state index contributed by atoms with van der Waals surface area (Å²) < 4.78 is 0. The minimum Gasteiger partial charge on any atom is -0.304 e. The van der Waals surface area contributed by atoms with E-state index >= 15 is 0 Å². The number of rotatable bonds is 2. The molecule has 86 valence electrons. The molecule has 2 rings (SSSR count). The minimum atomic E-state index is -0.0630. The third-order valence-corrected chi connectivity index (χ3v) is 2.71. The van der Waals surface area contributed by atoms with Gasteiger partial charge in [-0.15, -0.1) is 0 Å². The Balaban J connectivity index is 1.88. The number of nitrogens with zero attached hydrogens (tertiary/aromatic N) is 3. The molecule has 0 aliphatic carbocycles. The topological polar surface area (TPSA) is 48.5 Å². The van der Waals surface area contributed by atoms with Gasteiger partial charge in [0.15, 0.2) is 0 Å². The molecule has 0 aromatic carbocycles. The largest absolute Gasteiger partial charge is 0.304 e. The van der Waals surface area contributed by atoms with Crippen LogP contribution in [0.5, 0.6) is 0 Å². The maximum atomic E-state index is 11.8. The van der Waals surface area contributed by atoms with Gasteiger partial charge in [0.05, 0.1) is 0 Å². The van der Waals surface area contributed by atoms with Crippen molar-refractivity contribution in [2.75, 3.05) is 33.2 Å². The monoisotopic (exact) mass is 220 g/mol. The van der Waals surface area contributed by atoms with Crippen LogP contribution in [0.3, 0.4) is 0 Å². The number of hydrogen-bond donors (Lipinski definition) is 1. The molecule has 1 aliphatic rings. The summed E-state index contributed by atoms with van der Waals surface area (Å²) in [5, 5.41) is 1.96. The molecule has 1 fully saturated rings. The van der Waals surface area contributed by atoms with Crippen molar-refractivity contribution in [1.29, 1.82) is 0 Å². The van der Waals surface area contributed by atoms with Crippen LogP contribution in [0.2, 0.25) is 0 Å². The molecule has 1 aromatic rings. The number of nitrogens with one attached hydrogen (secondary N) is 1. The van der Waals surface area contributed by atoms with Crippen molar-refractivity contribution in [3.63, 3.8) is 0 Å². The second-order valence-corrected chi connectivity index (χ2v) is 3.97. The van der Waals surface area contributed by atoms with Crippen LogP contribution < -0.4 is 5.43 Å². The lowest BCUT2D eigenvalue weighted by Crippen LogP contribution is -2.52. The summed E-state index contributed by atoms with van der Waals surface area (Å²) in [5.74, 6) is -0.0630. The maximum absolute atomic E-state index is 11.8. The first-order chi connectivity index (χ1) is 7.75. The van der Waals surface area contributed by atoms with Crippen LogP contribution in [0.15, 0.2) is 24.5 Å². The zero-order valence-electron chi connectivity index (χ0n) is 9.39. The van der Waals surface area contributed by atoms with Crippen molar-refractivity contribution in [3.05, 3.63) is 30.1 Å². The molecule has 0 spiro atoms. The van der Waals surface area contributed by atoms with Gasteiger partial charge in [-0.25, -0.2) is 5.01 Å². The van der Waals surface area contributed by atoms with E-state index < -0.39 is 0 Å². The molecule has 0 atom stereocenters. The van der Waals surface area contributed by atoms with Crippen LogP contribution in [0.1, 0.15) is 10.4 Å². The molecule has 5 nitrogen and oxygen atoms in total. The Morgan fingerprint density at radius 3 is 2.50 bits per heavy atom. The average molecular weight is 220 g/mol. The molecular formula is C11H16N4O. The number of carbonyl (C=O) groups excluding carboxylic acids is 1. The predicted molar refractivity (Wildman–Crippen MR) is 60.8 cm³/mol. The summed E-state index contributed by atoms with van der Waals surface area (Å²) in [6.07, 6.45) is 3.25. The van der Waals surface area contributed by atoms with Crippen LogP contribution >= 0.6 is 0 Å². The van der Waals surface area contributed by atoms with Gasteiger partial charge in [-0.2, -0.15) is 0 Å². The van der Waals surface area contributed by atoms with Crippen LogP contribution in [0.4, 0.5) is 0 Å². The van der Waals surface area contributed by atoms with Gasteiger partial charge >= 0.3 is 0 Å². The van der Waals surface area contributed by atoms with E-state index in [1.54, 1.807) is 24.5 Å². The fraction of sp³-hybridized carbons (Fsp3) is 0.455. The van der Waals surface area contributed by atoms with E-state index in [1.165, 1.54) is 0 Å². The van der Waals surface area contributed by atoms with E-state index in [4.69, 9.17) is 0 Å². The molecular weight excluding hydrogens is 204 g/mol. The first-order valence-corrected chi connectivity index (χ1v) is 5.40. The molecule has 2 heterocycles. The normalized spacial score (nSPS) is 18.3. The highest BCUT2D eigenvalue weighted by Gasteiger charge is 2.16. The third kappa shape index (κ3) is 2.77. The van der Waals surface area contributed by atoms with Gasteiger partial charge in [0.25, 0.3) is 5.91 Å². The third-order valence-electron chi connectivity index (χ3n) is 2.71. The van der Waals surface area contributed by atoms with Crippen LogP contribution in [0.25, 0.3) is 0 Å². The number of carbonyl (C=O) groups is 1. The maximum Gasteiger partial charge on any atom is 0.265 e. The average Bonchev–Trinajstić information content (AvgIpc) is 2.33. The quantitative estimate of drug-likeness (QED) is 0.760. The highest BCUT2D eigenvalue weighted by Crippen LogP contribution is 1.99. The van der Waals surface area contributed by atoms with Crippen molar-refractivity contribution in [2.24, 2.45) is 0 Å². The van der Waals surface area contributed by atoms with Gasteiger partial charge in [0.1, 0.15) is 0 Å². The summed E-state index contributed by atoms with van der Waals surface area (Å²) in [5.41, 5.74) is 3.54. The number of hydrogen-bond acceptors (Lipinski definition) is 4. The van der Waals surface area contributed by atoms with E-state index in [2.05, 4.69) is 22.4 Å². The zero-order valence-corrected chi connectivity index (χ0v) is 9.39. The summed E-state index contributed by atoms with van der Waals surface area (Å²) in [6.45, 7) is 3.70. The smallest absolute Gasteiger partial charge is 0.265 e. The van der Waals surface area contributed by atoms with E-state index in [9.17, 15) is 4.79 Å². The molecule has 0 unspecified atom stereocenters. The first kappa shape index (κ1) is 11.0. The predicted octanol–water partition coefficient (Wildman–Crippen LogP) is -0.0262. The number of amides is 1. The Kier molecular flexibility index (Phi) is 3.48. The van der Waals surface area contributed by atoms with Crippen LogP contribution in [-0.2, 0) is 0 Å². The fourth-order valence-corrected chi connectivity index (χ4v) is 1.63. The number of likely N-dealkylation sites (N-methyl/N-ethyl adjacent to an activating group) is 1. The Morgan fingerprint density at radius 2 is 1.88 bits per heavy atom. The Hall–Kier alpha value is -1.46. The van der Waals surface area contributed by atoms with Crippen molar-refractivity contribution >= 4 is 5.91 Å². The molecule has 1 N–H and O–H groups in total. The van der Waals surface area contributed by atoms with Gasteiger partial charge in [-0.3, -0.25) is 15.2 Å². The van der Waals surface area contributed by atoms with Crippen molar-refractivity contribution in [3.8, 4) is 0 Å². The Morgan fingerprint density at radius 1 is 1.25 bits per heavy atom. The number of aromatic nitrogens is 1. The van der Waals surface area contributed by atoms with Gasteiger partial charge < -0.3 is 4.90 Å². The molecule has 1 amide bonds. The van der Waals surface area contributed by atoms with E-state index in [-0.39, 0.29) is 5.91 Å². The molecule has 1 aliphatic heterocycles. The number of pyridine rings is 1. The molecule has 16 heavy (non-hydrogen) atoms. The zero-order chi connectivity index (χ0) is 11.4. The first-order valence-electron chi connectivity index (χ1n) is 5.40. The van der Waals surface area contributed by atoms with Crippen molar-refractivity contribution in [2.45, 2.75) is 0 Å². The van der Waals surface area contributed by atoms with Crippen LogP contribution in [0, 0.1) is 0 Å². The molecule has 1 aromatic heterocycles. The lowest BCUT2D eigenvalue weighted by Gasteiger charge is -2.32. The minimum absolute atomic E-state index is 0.0630. The SMILES string of the molecule is CN1CCN(NC(=O)c2ccncc2)CC1. The molecule has 0 bridgehead atoms.